The SMILES string of the molecule is COc1ccc(CN(Cc2cccnc2)C2CC(C)(C)NC(C)(C)C2)c(O)c1. The molecule has 0 atom stereocenters. The first kappa shape index (κ1) is 20.6. The number of phenols is 1. The molecule has 5 heteroatoms. The third-order valence-corrected chi connectivity index (χ3v) is 5.46. The number of piperidine rings is 1. The highest BCUT2D eigenvalue weighted by Crippen LogP contribution is 2.34. The second kappa shape index (κ2) is 8.10. The molecule has 0 saturated carbocycles. The summed E-state index contributed by atoms with van der Waals surface area (Å²) in [5.74, 6) is 0.951. The highest BCUT2D eigenvalue weighted by molar-refractivity contribution is 5.39. The van der Waals surface area contributed by atoms with Crippen molar-refractivity contribution in [3.05, 3.63) is 53.9 Å². The van der Waals surface area contributed by atoms with E-state index in [0.717, 1.165) is 24.9 Å². The molecule has 3 rings (SSSR count). The fraction of sp³-hybridized carbons (Fsp3) is 0.522. The molecule has 28 heavy (non-hydrogen) atoms. The summed E-state index contributed by atoms with van der Waals surface area (Å²) in [6.07, 6.45) is 5.83. The summed E-state index contributed by atoms with van der Waals surface area (Å²) in [5.41, 5.74) is 2.21. The summed E-state index contributed by atoms with van der Waals surface area (Å²) in [7, 11) is 1.61. The summed E-state index contributed by atoms with van der Waals surface area (Å²) in [6.45, 7) is 10.6. The van der Waals surface area contributed by atoms with Gasteiger partial charge in [0.2, 0.25) is 0 Å². The van der Waals surface area contributed by atoms with Crippen LogP contribution in [0, 0.1) is 0 Å². The Bertz CT molecular complexity index is 774. The number of ether oxygens (including phenoxy) is 1. The molecule has 2 aromatic rings. The Morgan fingerprint density at radius 2 is 1.86 bits per heavy atom. The monoisotopic (exact) mass is 383 g/mol. The molecule has 0 spiro atoms. The number of nitrogens with zero attached hydrogens (tertiary/aromatic N) is 2. The number of nitrogens with one attached hydrogen (secondary N) is 1. The zero-order valence-corrected chi connectivity index (χ0v) is 17.7. The Hall–Kier alpha value is -2.11. The highest BCUT2D eigenvalue weighted by Gasteiger charge is 2.40. The maximum Gasteiger partial charge on any atom is 0.123 e. The van der Waals surface area contributed by atoms with Gasteiger partial charge in [-0.15, -0.1) is 0 Å². The molecule has 0 radical (unpaired) electrons. The minimum atomic E-state index is 0.0571. The fourth-order valence-electron chi connectivity index (χ4n) is 4.59. The maximum absolute atomic E-state index is 10.5. The minimum Gasteiger partial charge on any atom is -0.507 e. The van der Waals surface area contributed by atoms with Gasteiger partial charge in [-0.3, -0.25) is 9.88 Å². The molecule has 0 amide bonds. The number of aromatic nitrogens is 1. The van der Waals surface area contributed by atoms with Crippen LogP contribution in [0.1, 0.15) is 51.7 Å². The first-order chi connectivity index (χ1) is 13.2. The van der Waals surface area contributed by atoms with E-state index in [4.69, 9.17) is 4.74 Å². The fourth-order valence-corrected chi connectivity index (χ4v) is 4.59. The molecule has 2 N–H and O–H groups in total. The van der Waals surface area contributed by atoms with Gasteiger partial charge in [0.25, 0.3) is 0 Å². The molecule has 1 aliphatic heterocycles. The van der Waals surface area contributed by atoms with Gasteiger partial charge in [-0.25, -0.2) is 0 Å². The number of hydrogen-bond donors (Lipinski definition) is 2. The smallest absolute Gasteiger partial charge is 0.123 e. The Labute approximate surface area is 168 Å². The number of benzene rings is 1. The van der Waals surface area contributed by atoms with Crippen molar-refractivity contribution in [3.8, 4) is 11.5 Å². The maximum atomic E-state index is 10.5. The van der Waals surface area contributed by atoms with Gasteiger partial charge < -0.3 is 15.2 Å². The predicted molar refractivity (Wildman–Crippen MR) is 112 cm³/mol. The van der Waals surface area contributed by atoms with Gasteiger partial charge in [-0.1, -0.05) is 12.1 Å². The summed E-state index contributed by atoms with van der Waals surface area (Å²) in [6, 6.07) is 10.1. The minimum absolute atomic E-state index is 0.0571. The Morgan fingerprint density at radius 1 is 1.14 bits per heavy atom. The molecule has 1 saturated heterocycles. The second-order valence-corrected chi connectivity index (χ2v) is 9.22. The lowest BCUT2D eigenvalue weighted by atomic mass is 9.78. The number of hydrogen-bond acceptors (Lipinski definition) is 5. The van der Waals surface area contributed by atoms with Crippen molar-refractivity contribution in [1.82, 2.24) is 15.2 Å². The van der Waals surface area contributed by atoms with Gasteiger partial charge in [0.15, 0.2) is 0 Å². The van der Waals surface area contributed by atoms with E-state index in [1.165, 1.54) is 5.56 Å². The van der Waals surface area contributed by atoms with Crippen LogP contribution < -0.4 is 10.1 Å². The van der Waals surface area contributed by atoms with Crippen LogP contribution in [0.4, 0.5) is 0 Å². The van der Waals surface area contributed by atoms with Crippen molar-refractivity contribution in [3.63, 3.8) is 0 Å². The van der Waals surface area contributed by atoms with Gasteiger partial charge >= 0.3 is 0 Å². The number of pyridine rings is 1. The molecule has 1 aromatic heterocycles. The Morgan fingerprint density at radius 3 is 2.43 bits per heavy atom. The lowest BCUT2D eigenvalue weighted by Crippen LogP contribution is -2.62. The average molecular weight is 384 g/mol. The van der Waals surface area contributed by atoms with E-state index in [2.05, 4.69) is 49.0 Å². The topological polar surface area (TPSA) is 57.6 Å². The molecule has 0 aliphatic carbocycles. The summed E-state index contributed by atoms with van der Waals surface area (Å²) >= 11 is 0. The Kier molecular flexibility index (Phi) is 5.96. The third-order valence-electron chi connectivity index (χ3n) is 5.46. The van der Waals surface area contributed by atoms with Crippen LogP contribution in [0.3, 0.4) is 0 Å². The molecule has 0 bridgehead atoms. The number of rotatable bonds is 6. The van der Waals surface area contributed by atoms with Gasteiger partial charge in [0.1, 0.15) is 11.5 Å². The highest BCUT2D eigenvalue weighted by atomic mass is 16.5. The van der Waals surface area contributed by atoms with E-state index in [1.54, 1.807) is 19.4 Å². The number of methoxy groups -OCH3 is 1. The van der Waals surface area contributed by atoms with E-state index in [-0.39, 0.29) is 16.8 Å². The number of phenolic OH excluding ortho intramolecular Hbond substituents is 1. The van der Waals surface area contributed by atoms with Gasteiger partial charge in [-0.2, -0.15) is 0 Å². The van der Waals surface area contributed by atoms with Crippen LogP contribution in [-0.4, -0.2) is 39.2 Å². The van der Waals surface area contributed by atoms with E-state index in [9.17, 15) is 5.11 Å². The van der Waals surface area contributed by atoms with Crippen LogP contribution in [0.5, 0.6) is 11.5 Å². The molecule has 1 fully saturated rings. The lowest BCUT2D eigenvalue weighted by Gasteiger charge is -2.49. The van der Waals surface area contributed by atoms with Crippen LogP contribution in [0.15, 0.2) is 42.7 Å². The van der Waals surface area contributed by atoms with Gasteiger partial charge in [-0.05, 0) is 58.2 Å². The van der Waals surface area contributed by atoms with Crippen LogP contribution in [0.25, 0.3) is 0 Å². The quantitative estimate of drug-likeness (QED) is 0.786. The van der Waals surface area contributed by atoms with Crippen LogP contribution in [-0.2, 0) is 13.1 Å². The number of aromatic hydroxyl groups is 1. The molecular weight excluding hydrogens is 350 g/mol. The van der Waals surface area contributed by atoms with E-state index < -0.39 is 0 Å². The third kappa shape index (κ3) is 5.24. The van der Waals surface area contributed by atoms with E-state index in [1.807, 2.05) is 24.4 Å². The second-order valence-electron chi connectivity index (χ2n) is 9.22. The predicted octanol–water partition coefficient (Wildman–Crippen LogP) is 4.11. The first-order valence-electron chi connectivity index (χ1n) is 9.96. The molecular formula is C23H33N3O2. The van der Waals surface area contributed by atoms with Gasteiger partial charge in [0.05, 0.1) is 7.11 Å². The molecule has 152 valence electrons. The molecule has 2 heterocycles. The van der Waals surface area contributed by atoms with Crippen LogP contribution in [0.2, 0.25) is 0 Å². The van der Waals surface area contributed by atoms with Crippen molar-refractivity contribution >= 4 is 0 Å². The summed E-state index contributed by atoms with van der Waals surface area (Å²) in [5, 5.41) is 14.3. The van der Waals surface area contributed by atoms with Crippen molar-refractivity contribution < 1.29 is 9.84 Å². The first-order valence-corrected chi connectivity index (χ1v) is 9.96. The van der Waals surface area contributed by atoms with E-state index >= 15 is 0 Å². The van der Waals surface area contributed by atoms with Crippen molar-refractivity contribution in [2.24, 2.45) is 0 Å². The standard InChI is InChI=1S/C23H33N3O2/c1-22(2)12-19(13-23(3,4)25-22)26(15-17-7-6-10-24-14-17)16-18-8-9-20(28-5)11-21(18)27/h6-11,14,19,25,27H,12-13,15-16H2,1-5H3. The zero-order chi connectivity index (χ0) is 20.4. The van der Waals surface area contributed by atoms with Crippen molar-refractivity contribution in [2.75, 3.05) is 7.11 Å². The normalized spacial score (nSPS) is 18.9. The van der Waals surface area contributed by atoms with Crippen molar-refractivity contribution in [2.45, 2.75) is 70.7 Å². The molecule has 0 unspecified atom stereocenters. The molecule has 1 aliphatic rings. The molecule has 5 nitrogen and oxygen atoms in total. The largest absolute Gasteiger partial charge is 0.507 e. The lowest BCUT2D eigenvalue weighted by molar-refractivity contribution is 0.0559. The molecule has 1 aromatic carbocycles. The van der Waals surface area contributed by atoms with Crippen LogP contribution >= 0.6 is 0 Å². The summed E-state index contributed by atoms with van der Waals surface area (Å²) < 4.78 is 5.23. The van der Waals surface area contributed by atoms with E-state index in [0.29, 0.717) is 18.3 Å². The summed E-state index contributed by atoms with van der Waals surface area (Å²) in [4.78, 5) is 6.76. The average Bonchev–Trinajstić information content (AvgIpc) is 2.61. The van der Waals surface area contributed by atoms with Crippen molar-refractivity contribution in [1.29, 1.82) is 0 Å². The zero-order valence-electron chi connectivity index (χ0n) is 17.7. The van der Waals surface area contributed by atoms with Gasteiger partial charge in [0, 0.05) is 54.2 Å². The Balaban J connectivity index is 1.89.